The van der Waals surface area contributed by atoms with E-state index in [4.69, 9.17) is 0 Å². The number of thioether (sulfide) groups is 1. The highest BCUT2D eigenvalue weighted by molar-refractivity contribution is 7.99. The summed E-state index contributed by atoms with van der Waals surface area (Å²) < 4.78 is 13.6. The van der Waals surface area contributed by atoms with Crippen LogP contribution in [-0.4, -0.2) is 18.3 Å². The van der Waals surface area contributed by atoms with Crippen molar-refractivity contribution in [2.24, 2.45) is 5.92 Å². The molecule has 0 bridgehead atoms. The van der Waals surface area contributed by atoms with E-state index < -0.39 is 0 Å². The van der Waals surface area contributed by atoms with Gasteiger partial charge in [0, 0.05) is 16.7 Å². The smallest absolute Gasteiger partial charge is 0.136 e. The molecule has 1 unspecified atom stereocenters. The zero-order chi connectivity index (χ0) is 14.8. The molecule has 0 radical (unpaired) electrons. The number of nitrogens with one attached hydrogen (secondary N) is 1. The van der Waals surface area contributed by atoms with E-state index in [1.807, 2.05) is 12.1 Å². The predicted molar refractivity (Wildman–Crippen MR) is 87.9 cm³/mol. The van der Waals surface area contributed by atoms with Crippen LogP contribution in [0.15, 0.2) is 29.2 Å². The van der Waals surface area contributed by atoms with Crippen molar-refractivity contribution >= 4 is 11.8 Å². The molecule has 1 rings (SSSR count). The van der Waals surface area contributed by atoms with Crippen molar-refractivity contribution in [3.63, 3.8) is 0 Å². The van der Waals surface area contributed by atoms with Gasteiger partial charge in [-0.3, -0.25) is 0 Å². The molecule has 0 aliphatic heterocycles. The molecule has 0 saturated heterocycles. The maximum absolute atomic E-state index is 13.6. The maximum Gasteiger partial charge on any atom is 0.136 e. The standard InChI is InChI=1S/C17H28FNS/c1-4-12-19-15(9-7-8-14(2)3)13-20-17-11-6-5-10-16(17)18/h5-6,10-11,14-15,19H,4,7-9,12-13H2,1-3H3. The van der Waals surface area contributed by atoms with Crippen LogP contribution in [0.25, 0.3) is 0 Å². The Morgan fingerprint density at radius 2 is 1.95 bits per heavy atom. The second-order valence-corrected chi connectivity index (χ2v) is 6.78. The van der Waals surface area contributed by atoms with Crippen LogP contribution in [0.4, 0.5) is 4.39 Å². The summed E-state index contributed by atoms with van der Waals surface area (Å²) in [6, 6.07) is 7.53. The van der Waals surface area contributed by atoms with Crippen molar-refractivity contribution < 1.29 is 4.39 Å². The van der Waals surface area contributed by atoms with E-state index in [1.54, 1.807) is 17.8 Å². The summed E-state index contributed by atoms with van der Waals surface area (Å²) in [7, 11) is 0. The summed E-state index contributed by atoms with van der Waals surface area (Å²) in [6.45, 7) is 7.76. The van der Waals surface area contributed by atoms with Gasteiger partial charge in [0.15, 0.2) is 0 Å². The summed E-state index contributed by atoms with van der Waals surface area (Å²) in [5.74, 6) is 1.61. The van der Waals surface area contributed by atoms with Crippen molar-refractivity contribution in [3.05, 3.63) is 30.1 Å². The van der Waals surface area contributed by atoms with E-state index in [2.05, 4.69) is 26.1 Å². The fourth-order valence-corrected chi connectivity index (χ4v) is 3.16. The molecule has 114 valence electrons. The van der Waals surface area contributed by atoms with Gasteiger partial charge in [-0.2, -0.15) is 0 Å². The Balaban J connectivity index is 2.41. The van der Waals surface area contributed by atoms with Gasteiger partial charge in [0.2, 0.25) is 0 Å². The Morgan fingerprint density at radius 3 is 2.60 bits per heavy atom. The van der Waals surface area contributed by atoms with Gasteiger partial charge in [0.1, 0.15) is 5.82 Å². The molecule has 0 aliphatic rings. The van der Waals surface area contributed by atoms with E-state index in [0.29, 0.717) is 6.04 Å². The number of rotatable bonds is 10. The number of hydrogen-bond donors (Lipinski definition) is 1. The second kappa shape index (κ2) is 10.2. The van der Waals surface area contributed by atoms with Crippen molar-refractivity contribution in [1.82, 2.24) is 5.32 Å². The molecule has 1 aromatic carbocycles. The van der Waals surface area contributed by atoms with Gasteiger partial charge >= 0.3 is 0 Å². The number of benzene rings is 1. The molecule has 0 aliphatic carbocycles. The minimum absolute atomic E-state index is 0.103. The van der Waals surface area contributed by atoms with Crippen molar-refractivity contribution in [1.29, 1.82) is 0 Å². The first-order chi connectivity index (χ1) is 9.63. The molecule has 1 aromatic rings. The molecule has 1 atom stereocenters. The molecule has 0 heterocycles. The second-order valence-electron chi connectivity index (χ2n) is 5.72. The van der Waals surface area contributed by atoms with Crippen LogP contribution in [0.2, 0.25) is 0 Å². The third-order valence-electron chi connectivity index (χ3n) is 3.29. The highest BCUT2D eigenvalue weighted by Gasteiger charge is 2.10. The van der Waals surface area contributed by atoms with Gasteiger partial charge in [-0.1, -0.05) is 45.7 Å². The lowest BCUT2D eigenvalue weighted by Gasteiger charge is -2.19. The monoisotopic (exact) mass is 297 g/mol. The van der Waals surface area contributed by atoms with Crippen molar-refractivity contribution in [3.8, 4) is 0 Å². The number of halogens is 1. The predicted octanol–water partition coefficient (Wildman–Crippen LogP) is 5.11. The zero-order valence-electron chi connectivity index (χ0n) is 13.0. The summed E-state index contributed by atoms with van der Waals surface area (Å²) in [5, 5.41) is 3.59. The fraction of sp³-hybridized carbons (Fsp3) is 0.647. The first kappa shape index (κ1) is 17.5. The van der Waals surface area contributed by atoms with Gasteiger partial charge in [-0.15, -0.1) is 11.8 Å². The van der Waals surface area contributed by atoms with E-state index >= 15 is 0 Å². The molecule has 0 amide bonds. The summed E-state index contributed by atoms with van der Waals surface area (Å²) in [5.41, 5.74) is 0. The molecular weight excluding hydrogens is 269 g/mol. The highest BCUT2D eigenvalue weighted by Crippen LogP contribution is 2.23. The van der Waals surface area contributed by atoms with Crippen LogP contribution < -0.4 is 5.32 Å². The summed E-state index contributed by atoms with van der Waals surface area (Å²) in [4.78, 5) is 0.764. The van der Waals surface area contributed by atoms with Crippen LogP contribution in [0.1, 0.15) is 46.5 Å². The average Bonchev–Trinajstić information content (AvgIpc) is 2.42. The van der Waals surface area contributed by atoms with Crippen LogP contribution in [0.5, 0.6) is 0 Å². The van der Waals surface area contributed by atoms with Crippen LogP contribution in [0, 0.1) is 11.7 Å². The lowest BCUT2D eigenvalue weighted by Crippen LogP contribution is -2.32. The van der Waals surface area contributed by atoms with Gasteiger partial charge in [0.25, 0.3) is 0 Å². The minimum Gasteiger partial charge on any atom is -0.313 e. The first-order valence-corrected chi connectivity index (χ1v) is 8.72. The van der Waals surface area contributed by atoms with Gasteiger partial charge in [-0.25, -0.2) is 4.39 Å². The topological polar surface area (TPSA) is 12.0 Å². The van der Waals surface area contributed by atoms with Crippen LogP contribution >= 0.6 is 11.8 Å². The Kier molecular flexibility index (Phi) is 8.95. The molecular formula is C17H28FNS. The SMILES string of the molecule is CCCNC(CCCC(C)C)CSc1ccccc1F. The van der Waals surface area contributed by atoms with E-state index in [1.165, 1.54) is 25.3 Å². The molecule has 1 N–H and O–H groups in total. The Hall–Kier alpha value is -0.540. The summed E-state index contributed by atoms with van der Waals surface area (Å²) in [6.07, 6.45) is 4.84. The molecule has 20 heavy (non-hydrogen) atoms. The summed E-state index contributed by atoms with van der Waals surface area (Å²) >= 11 is 1.63. The maximum atomic E-state index is 13.6. The normalized spacial score (nSPS) is 12.8. The molecule has 0 aromatic heterocycles. The van der Waals surface area contributed by atoms with Gasteiger partial charge < -0.3 is 5.32 Å². The minimum atomic E-state index is -0.103. The van der Waals surface area contributed by atoms with E-state index in [-0.39, 0.29) is 5.82 Å². The quantitative estimate of drug-likeness (QED) is 0.602. The Bertz CT molecular complexity index is 368. The van der Waals surface area contributed by atoms with Gasteiger partial charge in [0.05, 0.1) is 0 Å². The average molecular weight is 297 g/mol. The third-order valence-corrected chi connectivity index (χ3v) is 4.50. The van der Waals surface area contributed by atoms with Gasteiger partial charge in [-0.05, 0) is 37.4 Å². The lowest BCUT2D eigenvalue weighted by molar-refractivity contribution is 0.462. The first-order valence-electron chi connectivity index (χ1n) is 7.74. The fourth-order valence-electron chi connectivity index (χ4n) is 2.12. The van der Waals surface area contributed by atoms with Crippen LogP contribution in [0.3, 0.4) is 0 Å². The molecule has 1 nitrogen and oxygen atoms in total. The van der Waals surface area contributed by atoms with Crippen molar-refractivity contribution in [2.45, 2.75) is 57.4 Å². The van der Waals surface area contributed by atoms with E-state index in [9.17, 15) is 4.39 Å². The largest absolute Gasteiger partial charge is 0.313 e. The molecule has 0 saturated carbocycles. The third kappa shape index (κ3) is 7.30. The lowest BCUT2D eigenvalue weighted by atomic mass is 10.0. The highest BCUT2D eigenvalue weighted by atomic mass is 32.2. The zero-order valence-corrected chi connectivity index (χ0v) is 13.8. The molecule has 0 spiro atoms. The Labute approximate surface area is 127 Å². The number of hydrogen-bond acceptors (Lipinski definition) is 2. The van der Waals surface area contributed by atoms with Crippen LogP contribution in [-0.2, 0) is 0 Å². The molecule has 0 fully saturated rings. The molecule has 3 heteroatoms. The Morgan fingerprint density at radius 1 is 1.20 bits per heavy atom. The van der Waals surface area contributed by atoms with E-state index in [0.717, 1.165) is 29.5 Å². The van der Waals surface area contributed by atoms with Crippen molar-refractivity contribution in [2.75, 3.05) is 12.3 Å².